The van der Waals surface area contributed by atoms with Crippen LogP contribution in [0.5, 0.6) is 0 Å². The highest BCUT2D eigenvalue weighted by Gasteiger charge is 2.16. The summed E-state index contributed by atoms with van der Waals surface area (Å²) in [5.74, 6) is 2.08. The highest BCUT2D eigenvalue weighted by molar-refractivity contribution is 5.79. The van der Waals surface area contributed by atoms with Crippen LogP contribution in [0.2, 0.25) is 0 Å². The van der Waals surface area contributed by atoms with Crippen molar-refractivity contribution in [1.82, 2.24) is 15.8 Å². The number of aromatic nitrogens is 1. The van der Waals surface area contributed by atoms with Crippen molar-refractivity contribution in [3.05, 3.63) is 17.5 Å². The standard InChI is InChI=1S/C16H28N4O2/c1-4-12(5-2)15-9-14(22-20-15)11-19-16(17-3)18-10-13-7-6-8-21-13/h9,12-13H,4-8,10-11H2,1-3H3,(H2,17,18,19). The maximum absolute atomic E-state index is 5.59. The van der Waals surface area contributed by atoms with Crippen molar-refractivity contribution in [2.24, 2.45) is 4.99 Å². The number of rotatable bonds is 7. The lowest BCUT2D eigenvalue weighted by Crippen LogP contribution is -2.40. The molecule has 1 fully saturated rings. The number of ether oxygens (including phenoxy) is 1. The van der Waals surface area contributed by atoms with Crippen molar-refractivity contribution in [2.75, 3.05) is 20.2 Å². The maximum atomic E-state index is 5.59. The molecule has 1 aromatic rings. The van der Waals surface area contributed by atoms with Crippen molar-refractivity contribution in [3.63, 3.8) is 0 Å². The van der Waals surface area contributed by atoms with Crippen molar-refractivity contribution >= 4 is 5.96 Å². The summed E-state index contributed by atoms with van der Waals surface area (Å²) >= 11 is 0. The largest absolute Gasteiger partial charge is 0.376 e. The predicted molar refractivity (Wildman–Crippen MR) is 87.0 cm³/mol. The molecule has 2 heterocycles. The van der Waals surface area contributed by atoms with Crippen LogP contribution in [0.25, 0.3) is 0 Å². The number of hydrogen-bond donors (Lipinski definition) is 2. The third-order valence-electron chi connectivity index (χ3n) is 4.16. The van der Waals surface area contributed by atoms with Crippen LogP contribution in [-0.2, 0) is 11.3 Å². The Kier molecular flexibility index (Phi) is 6.71. The number of guanidine groups is 1. The second kappa shape index (κ2) is 8.78. The molecule has 0 spiro atoms. The highest BCUT2D eigenvalue weighted by Crippen LogP contribution is 2.22. The molecule has 1 saturated heterocycles. The van der Waals surface area contributed by atoms with Crippen LogP contribution in [0.15, 0.2) is 15.6 Å². The lowest BCUT2D eigenvalue weighted by molar-refractivity contribution is 0.114. The van der Waals surface area contributed by atoms with Gasteiger partial charge >= 0.3 is 0 Å². The molecular formula is C16H28N4O2. The number of hydrogen-bond acceptors (Lipinski definition) is 4. The topological polar surface area (TPSA) is 71.7 Å². The Morgan fingerprint density at radius 2 is 2.23 bits per heavy atom. The van der Waals surface area contributed by atoms with Crippen LogP contribution in [0.3, 0.4) is 0 Å². The van der Waals surface area contributed by atoms with Crippen LogP contribution in [0, 0.1) is 0 Å². The zero-order chi connectivity index (χ0) is 15.8. The van der Waals surface area contributed by atoms with Crippen LogP contribution >= 0.6 is 0 Å². The zero-order valence-corrected chi connectivity index (χ0v) is 13.9. The summed E-state index contributed by atoms with van der Waals surface area (Å²) in [5.41, 5.74) is 1.05. The summed E-state index contributed by atoms with van der Waals surface area (Å²) in [5, 5.41) is 10.7. The van der Waals surface area contributed by atoms with Gasteiger partial charge in [-0.15, -0.1) is 0 Å². The average Bonchev–Trinajstić information content (AvgIpc) is 3.20. The Bertz CT molecular complexity index is 462. The summed E-state index contributed by atoms with van der Waals surface area (Å²) in [6, 6.07) is 2.04. The second-order valence-corrected chi connectivity index (χ2v) is 5.67. The van der Waals surface area contributed by atoms with Gasteiger partial charge in [0.1, 0.15) is 0 Å². The molecule has 0 radical (unpaired) electrons. The van der Waals surface area contributed by atoms with Gasteiger partial charge < -0.3 is 19.9 Å². The van der Waals surface area contributed by atoms with Gasteiger partial charge in [-0.05, 0) is 25.7 Å². The van der Waals surface area contributed by atoms with Gasteiger partial charge in [-0.25, -0.2) is 0 Å². The summed E-state index contributed by atoms with van der Waals surface area (Å²) < 4.78 is 11.0. The van der Waals surface area contributed by atoms with Crippen LogP contribution in [0.1, 0.15) is 56.9 Å². The minimum atomic E-state index is 0.297. The fourth-order valence-electron chi connectivity index (χ4n) is 2.72. The first-order valence-electron chi connectivity index (χ1n) is 8.28. The Balaban J connectivity index is 1.77. The summed E-state index contributed by atoms with van der Waals surface area (Å²) in [7, 11) is 1.76. The molecule has 0 amide bonds. The van der Waals surface area contributed by atoms with E-state index in [1.165, 1.54) is 0 Å². The Morgan fingerprint density at radius 1 is 1.41 bits per heavy atom. The van der Waals surface area contributed by atoms with E-state index in [1.54, 1.807) is 7.05 Å². The summed E-state index contributed by atoms with van der Waals surface area (Å²) in [6.07, 6.45) is 4.73. The van der Waals surface area contributed by atoms with E-state index in [2.05, 4.69) is 34.6 Å². The molecule has 6 nitrogen and oxygen atoms in total. The van der Waals surface area contributed by atoms with Crippen molar-refractivity contribution in [2.45, 2.75) is 58.1 Å². The first kappa shape index (κ1) is 16.8. The first-order chi connectivity index (χ1) is 10.8. The third kappa shape index (κ3) is 4.73. The molecular weight excluding hydrogens is 280 g/mol. The normalized spacial score (nSPS) is 18.9. The van der Waals surface area contributed by atoms with Gasteiger partial charge in [-0.3, -0.25) is 4.99 Å². The molecule has 1 aliphatic rings. The molecule has 0 saturated carbocycles. The summed E-state index contributed by atoms with van der Waals surface area (Å²) in [4.78, 5) is 4.22. The van der Waals surface area contributed by atoms with Crippen LogP contribution in [-0.4, -0.2) is 37.4 Å². The van der Waals surface area contributed by atoms with Gasteiger partial charge in [0.15, 0.2) is 11.7 Å². The number of aliphatic imine (C=N–C) groups is 1. The quantitative estimate of drug-likeness (QED) is 0.598. The van der Waals surface area contributed by atoms with E-state index >= 15 is 0 Å². The molecule has 22 heavy (non-hydrogen) atoms. The lowest BCUT2D eigenvalue weighted by Gasteiger charge is -2.14. The fourth-order valence-corrected chi connectivity index (χ4v) is 2.72. The maximum Gasteiger partial charge on any atom is 0.191 e. The third-order valence-corrected chi connectivity index (χ3v) is 4.16. The molecule has 0 aromatic carbocycles. The van der Waals surface area contributed by atoms with Crippen molar-refractivity contribution in [3.8, 4) is 0 Å². The van der Waals surface area contributed by atoms with Gasteiger partial charge in [0, 0.05) is 32.2 Å². The molecule has 1 aliphatic heterocycles. The number of nitrogens with zero attached hydrogens (tertiary/aromatic N) is 2. The lowest BCUT2D eigenvalue weighted by atomic mass is 9.99. The zero-order valence-electron chi connectivity index (χ0n) is 13.9. The average molecular weight is 308 g/mol. The van der Waals surface area contributed by atoms with Gasteiger partial charge in [0.05, 0.1) is 18.3 Å². The van der Waals surface area contributed by atoms with Crippen LogP contribution < -0.4 is 10.6 Å². The Labute approximate surface area is 132 Å². The van der Waals surface area contributed by atoms with E-state index in [9.17, 15) is 0 Å². The first-order valence-corrected chi connectivity index (χ1v) is 8.28. The summed E-state index contributed by atoms with van der Waals surface area (Å²) in [6.45, 7) is 6.60. The molecule has 0 bridgehead atoms. The van der Waals surface area contributed by atoms with E-state index in [0.29, 0.717) is 18.6 Å². The van der Waals surface area contributed by atoms with E-state index in [-0.39, 0.29) is 0 Å². The molecule has 2 rings (SSSR count). The molecule has 1 atom stereocenters. The van der Waals surface area contributed by atoms with Crippen molar-refractivity contribution in [1.29, 1.82) is 0 Å². The molecule has 2 N–H and O–H groups in total. The SMILES string of the molecule is CCC(CC)c1cc(CNC(=NC)NCC2CCCO2)on1. The van der Waals surface area contributed by atoms with Gasteiger partial charge in [-0.2, -0.15) is 0 Å². The fraction of sp³-hybridized carbons (Fsp3) is 0.750. The van der Waals surface area contributed by atoms with E-state index < -0.39 is 0 Å². The molecule has 0 aliphatic carbocycles. The van der Waals surface area contributed by atoms with Gasteiger partial charge in [0.2, 0.25) is 0 Å². The smallest absolute Gasteiger partial charge is 0.191 e. The van der Waals surface area contributed by atoms with E-state index in [1.807, 2.05) is 6.07 Å². The molecule has 1 aromatic heterocycles. The van der Waals surface area contributed by atoms with E-state index in [0.717, 1.165) is 56.2 Å². The van der Waals surface area contributed by atoms with E-state index in [4.69, 9.17) is 9.26 Å². The van der Waals surface area contributed by atoms with Crippen molar-refractivity contribution < 1.29 is 9.26 Å². The Hall–Kier alpha value is -1.56. The number of nitrogens with one attached hydrogen (secondary N) is 2. The van der Waals surface area contributed by atoms with Crippen LogP contribution in [0.4, 0.5) is 0 Å². The van der Waals surface area contributed by atoms with Gasteiger partial charge in [-0.1, -0.05) is 19.0 Å². The molecule has 1 unspecified atom stereocenters. The minimum Gasteiger partial charge on any atom is -0.376 e. The highest BCUT2D eigenvalue weighted by atomic mass is 16.5. The second-order valence-electron chi connectivity index (χ2n) is 5.67. The minimum absolute atomic E-state index is 0.297. The molecule has 124 valence electrons. The predicted octanol–water partition coefficient (Wildman–Crippen LogP) is 2.42. The Morgan fingerprint density at radius 3 is 2.86 bits per heavy atom. The monoisotopic (exact) mass is 308 g/mol. The molecule has 6 heteroatoms. The van der Waals surface area contributed by atoms with Gasteiger partial charge in [0.25, 0.3) is 0 Å².